The molecule has 0 atom stereocenters. The SMILES string of the molecule is O=C(O)/C=C/c1ccc2c(c1)CC(C(=O)O)(C(=O)O)O2. The first kappa shape index (κ1) is 13.6. The lowest BCUT2D eigenvalue weighted by Gasteiger charge is -2.18. The van der Waals surface area contributed by atoms with E-state index in [1.54, 1.807) is 0 Å². The predicted molar refractivity (Wildman–Crippen MR) is 65.4 cm³/mol. The first-order valence-corrected chi connectivity index (χ1v) is 5.55. The highest BCUT2D eigenvalue weighted by molar-refractivity contribution is 6.03. The third-order valence-corrected chi connectivity index (χ3v) is 2.92. The Morgan fingerprint density at radius 3 is 2.35 bits per heavy atom. The number of carbonyl (C=O) groups is 3. The molecule has 1 aromatic carbocycles. The van der Waals surface area contributed by atoms with Gasteiger partial charge in [0.2, 0.25) is 0 Å². The summed E-state index contributed by atoms with van der Waals surface area (Å²) < 4.78 is 5.06. The second-order valence-corrected chi connectivity index (χ2v) is 4.25. The number of ether oxygens (including phenoxy) is 1. The van der Waals surface area contributed by atoms with Gasteiger partial charge in [-0.2, -0.15) is 0 Å². The highest BCUT2D eigenvalue weighted by Crippen LogP contribution is 2.36. The summed E-state index contributed by atoms with van der Waals surface area (Å²) in [4.78, 5) is 32.7. The summed E-state index contributed by atoms with van der Waals surface area (Å²) in [5.74, 6) is -4.11. The minimum atomic E-state index is -2.32. The highest BCUT2D eigenvalue weighted by Gasteiger charge is 2.54. The molecule has 0 bridgehead atoms. The fourth-order valence-corrected chi connectivity index (χ4v) is 1.93. The van der Waals surface area contributed by atoms with Gasteiger partial charge in [0.15, 0.2) is 0 Å². The van der Waals surface area contributed by atoms with Gasteiger partial charge in [0.1, 0.15) is 5.75 Å². The normalized spacial score (nSPS) is 15.6. The number of aliphatic carboxylic acids is 3. The zero-order valence-electron chi connectivity index (χ0n) is 10.1. The van der Waals surface area contributed by atoms with Gasteiger partial charge in [-0.3, -0.25) is 0 Å². The number of carboxylic acid groups (broad SMARTS) is 3. The van der Waals surface area contributed by atoms with E-state index in [1.807, 2.05) is 0 Å². The quantitative estimate of drug-likeness (QED) is 0.545. The molecular formula is C13H10O7. The van der Waals surface area contributed by atoms with Crippen molar-refractivity contribution in [3.63, 3.8) is 0 Å². The molecule has 2 rings (SSSR count). The molecule has 0 aliphatic carbocycles. The van der Waals surface area contributed by atoms with E-state index >= 15 is 0 Å². The van der Waals surface area contributed by atoms with Crippen LogP contribution in [0.2, 0.25) is 0 Å². The molecule has 0 unspecified atom stereocenters. The lowest BCUT2D eigenvalue weighted by molar-refractivity contribution is -0.170. The van der Waals surface area contributed by atoms with Crippen molar-refractivity contribution in [3.05, 3.63) is 35.4 Å². The van der Waals surface area contributed by atoms with Crippen LogP contribution in [0.15, 0.2) is 24.3 Å². The Bertz CT molecular complexity index is 616. The molecule has 0 fully saturated rings. The van der Waals surface area contributed by atoms with E-state index in [0.29, 0.717) is 11.1 Å². The number of hydrogen-bond acceptors (Lipinski definition) is 4. The minimum absolute atomic E-state index is 0.169. The Hall–Kier alpha value is -2.83. The molecule has 1 aromatic rings. The zero-order valence-corrected chi connectivity index (χ0v) is 10.1. The molecule has 0 saturated carbocycles. The van der Waals surface area contributed by atoms with Crippen molar-refractivity contribution in [2.75, 3.05) is 0 Å². The summed E-state index contributed by atoms with van der Waals surface area (Å²) in [6.07, 6.45) is 1.94. The van der Waals surface area contributed by atoms with Crippen molar-refractivity contribution in [1.29, 1.82) is 0 Å². The molecule has 1 aliphatic heterocycles. The Balaban J connectivity index is 2.36. The molecule has 7 heteroatoms. The Morgan fingerprint density at radius 1 is 1.15 bits per heavy atom. The van der Waals surface area contributed by atoms with Crippen LogP contribution in [-0.4, -0.2) is 38.8 Å². The summed E-state index contributed by atoms with van der Waals surface area (Å²) in [6.45, 7) is 0. The van der Waals surface area contributed by atoms with Gasteiger partial charge in [0.25, 0.3) is 0 Å². The second kappa shape index (κ2) is 4.69. The van der Waals surface area contributed by atoms with E-state index in [1.165, 1.54) is 24.3 Å². The maximum Gasteiger partial charge on any atom is 0.360 e. The zero-order chi connectivity index (χ0) is 14.9. The van der Waals surface area contributed by atoms with E-state index in [4.69, 9.17) is 20.1 Å². The van der Waals surface area contributed by atoms with E-state index < -0.39 is 23.5 Å². The molecule has 7 nitrogen and oxygen atoms in total. The summed E-state index contributed by atoms with van der Waals surface area (Å²) >= 11 is 0. The van der Waals surface area contributed by atoms with Crippen LogP contribution in [0.5, 0.6) is 5.75 Å². The number of fused-ring (bicyclic) bond motifs is 1. The monoisotopic (exact) mass is 278 g/mol. The molecule has 20 heavy (non-hydrogen) atoms. The van der Waals surface area contributed by atoms with Crippen molar-refractivity contribution in [1.82, 2.24) is 0 Å². The van der Waals surface area contributed by atoms with Crippen molar-refractivity contribution in [2.24, 2.45) is 0 Å². The van der Waals surface area contributed by atoms with Gasteiger partial charge in [0.05, 0.1) is 0 Å². The fraction of sp³-hybridized carbons (Fsp3) is 0.154. The standard InChI is InChI=1S/C13H10O7/c14-10(15)4-2-7-1-3-9-8(5-7)6-13(20-9,11(16)17)12(18)19/h1-5H,6H2,(H,14,15)(H,16,17)(H,18,19)/b4-2+. The van der Waals surface area contributed by atoms with Crippen LogP contribution in [0.4, 0.5) is 0 Å². The van der Waals surface area contributed by atoms with Crippen LogP contribution < -0.4 is 4.74 Å². The van der Waals surface area contributed by atoms with Gasteiger partial charge in [-0.15, -0.1) is 0 Å². The summed E-state index contributed by atoms with van der Waals surface area (Å²) in [5, 5.41) is 26.6. The number of carboxylic acids is 3. The first-order chi connectivity index (χ1) is 9.35. The van der Waals surface area contributed by atoms with Crippen molar-refractivity contribution >= 4 is 24.0 Å². The van der Waals surface area contributed by atoms with E-state index in [0.717, 1.165) is 6.08 Å². The molecule has 1 aliphatic rings. The molecule has 1 heterocycles. The van der Waals surface area contributed by atoms with Crippen LogP contribution in [0.3, 0.4) is 0 Å². The lowest BCUT2D eigenvalue weighted by Crippen LogP contribution is -2.50. The average molecular weight is 278 g/mol. The molecule has 3 N–H and O–H groups in total. The molecule has 0 spiro atoms. The van der Waals surface area contributed by atoms with Gasteiger partial charge >= 0.3 is 23.5 Å². The summed E-state index contributed by atoms with van der Waals surface area (Å²) in [7, 11) is 0. The van der Waals surface area contributed by atoms with Crippen molar-refractivity contribution in [3.8, 4) is 5.75 Å². The fourth-order valence-electron chi connectivity index (χ4n) is 1.93. The van der Waals surface area contributed by atoms with Gasteiger partial charge in [0, 0.05) is 18.1 Å². The molecule has 0 radical (unpaired) electrons. The largest absolute Gasteiger partial charge is 0.478 e. The highest BCUT2D eigenvalue weighted by atomic mass is 16.6. The van der Waals surface area contributed by atoms with Crippen molar-refractivity contribution < 1.29 is 34.4 Å². The third-order valence-electron chi connectivity index (χ3n) is 2.92. The van der Waals surface area contributed by atoms with E-state index in [9.17, 15) is 14.4 Å². The van der Waals surface area contributed by atoms with Gasteiger partial charge in [-0.25, -0.2) is 14.4 Å². The molecular weight excluding hydrogens is 268 g/mol. The first-order valence-electron chi connectivity index (χ1n) is 5.55. The maximum absolute atomic E-state index is 11.1. The Kier molecular flexibility index (Phi) is 3.19. The molecule has 0 amide bonds. The molecule has 104 valence electrons. The molecule has 0 aromatic heterocycles. The Labute approximate surface area is 112 Å². The smallest absolute Gasteiger partial charge is 0.360 e. The Morgan fingerprint density at radius 2 is 1.80 bits per heavy atom. The predicted octanol–water partition coefficient (Wildman–Crippen LogP) is 0.627. The molecule has 0 saturated heterocycles. The van der Waals surface area contributed by atoms with Gasteiger partial charge < -0.3 is 20.1 Å². The van der Waals surface area contributed by atoms with E-state index in [-0.39, 0.29) is 12.2 Å². The van der Waals surface area contributed by atoms with Gasteiger partial charge in [-0.05, 0) is 23.8 Å². The van der Waals surface area contributed by atoms with Crippen LogP contribution in [-0.2, 0) is 20.8 Å². The average Bonchev–Trinajstić information content (AvgIpc) is 2.76. The van der Waals surface area contributed by atoms with Crippen LogP contribution in [0.25, 0.3) is 6.08 Å². The summed E-state index contributed by atoms with van der Waals surface area (Å²) in [6, 6.07) is 4.44. The lowest BCUT2D eigenvalue weighted by atomic mass is 9.96. The van der Waals surface area contributed by atoms with Crippen LogP contribution in [0.1, 0.15) is 11.1 Å². The number of rotatable bonds is 4. The minimum Gasteiger partial charge on any atom is -0.478 e. The van der Waals surface area contributed by atoms with Gasteiger partial charge in [-0.1, -0.05) is 6.07 Å². The third kappa shape index (κ3) is 2.20. The van der Waals surface area contributed by atoms with E-state index in [2.05, 4.69) is 0 Å². The number of hydrogen-bond donors (Lipinski definition) is 3. The topological polar surface area (TPSA) is 121 Å². The van der Waals surface area contributed by atoms with Crippen molar-refractivity contribution in [2.45, 2.75) is 12.0 Å². The van der Waals surface area contributed by atoms with Crippen LogP contribution >= 0.6 is 0 Å². The number of benzene rings is 1. The second-order valence-electron chi connectivity index (χ2n) is 4.25. The summed E-state index contributed by atoms with van der Waals surface area (Å²) in [5.41, 5.74) is -1.40. The van der Waals surface area contributed by atoms with Crippen LogP contribution in [0, 0.1) is 0 Å². The maximum atomic E-state index is 11.1.